The van der Waals surface area contributed by atoms with Crippen LogP contribution in [0, 0.1) is 17.7 Å². The van der Waals surface area contributed by atoms with Crippen LogP contribution in [0.15, 0.2) is 30.5 Å². The molecular formula is C27H33FN2O5. The molecule has 2 heterocycles. The van der Waals surface area contributed by atoms with Crippen LogP contribution in [0.4, 0.5) is 10.1 Å². The number of aldehydes is 1. The van der Waals surface area contributed by atoms with Crippen LogP contribution in [0.2, 0.25) is 0 Å². The van der Waals surface area contributed by atoms with Crippen molar-refractivity contribution in [3.8, 4) is 11.6 Å². The Kier molecular flexibility index (Phi) is 8.21. The number of rotatable bonds is 11. The quantitative estimate of drug-likeness (QED) is 0.335. The molecule has 1 atom stereocenters. The maximum Gasteiger partial charge on any atom is 0.306 e. The first-order valence-electron chi connectivity index (χ1n) is 12.3. The van der Waals surface area contributed by atoms with E-state index in [1.165, 1.54) is 6.20 Å². The normalized spacial score (nSPS) is 17.1. The predicted molar refractivity (Wildman–Crippen MR) is 130 cm³/mol. The van der Waals surface area contributed by atoms with Crippen LogP contribution < -0.4 is 14.4 Å². The summed E-state index contributed by atoms with van der Waals surface area (Å²) >= 11 is 0. The second-order valence-electron chi connectivity index (χ2n) is 9.28. The molecule has 1 aliphatic carbocycles. The minimum Gasteiger partial charge on any atom is -0.497 e. The van der Waals surface area contributed by atoms with E-state index in [4.69, 9.17) is 14.2 Å². The van der Waals surface area contributed by atoms with Crippen molar-refractivity contribution in [3.63, 3.8) is 0 Å². The molecule has 0 amide bonds. The van der Waals surface area contributed by atoms with Gasteiger partial charge in [-0.2, -0.15) is 0 Å². The highest BCUT2D eigenvalue weighted by atomic mass is 19.1. The highest BCUT2D eigenvalue weighted by Crippen LogP contribution is 2.45. The molecule has 188 valence electrons. The second kappa shape index (κ2) is 11.5. The van der Waals surface area contributed by atoms with Crippen LogP contribution in [0.3, 0.4) is 0 Å². The van der Waals surface area contributed by atoms with E-state index < -0.39 is 5.82 Å². The number of piperidine rings is 1. The van der Waals surface area contributed by atoms with Crippen LogP contribution >= 0.6 is 0 Å². The molecule has 1 saturated carbocycles. The number of methoxy groups -OCH3 is 1. The zero-order chi connectivity index (χ0) is 24.8. The number of hydrogen-bond donors (Lipinski definition) is 0. The molecule has 1 unspecified atom stereocenters. The number of halogens is 1. The van der Waals surface area contributed by atoms with Gasteiger partial charge in [0.05, 0.1) is 38.6 Å². The minimum absolute atomic E-state index is 0.171. The fourth-order valence-electron chi connectivity index (χ4n) is 4.79. The first kappa shape index (κ1) is 24.9. The van der Waals surface area contributed by atoms with Gasteiger partial charge in [0, 0.05) is 36.7 Å². The summed E-state index contributed by atoms with van der Waals surface area (Å²) in [5.41, 5.74) is 2.02. The molecule has 35 heavy (non-hydrogen) atoms. The summed E-state index contributed by atoms with van der Waals surface area (Å²) in [6.07, 6.45) is 6.01. The minimum atomic E-state index is -0.406. The van der Waals surface area contributed by atoms with Gasteiger partial charge in [-0.25, -0.2) is 9.37 Å². The highest BCUT2D eigenvalue weighted by Gasteiger charge is 2.36. The topological polar surface area (TPSA) is 78.0 Å². The summed E-state index contributed by atoms with van der Waals surface area (Å²) in [5.74, 6) is 0.806. The average molecular weight is 485 g/mol. The smallest absolute Gasteiger partial charge is 0.306 e. The van der Waals surface area contributed by atoms with Crippen molar-refractivity contribution in [3.05, 3.63) is 47.4 Å². The number of carbonyl (C=O) groups excluding carboxylic acids is 2. The Morgan fingerprint density at radius 1 is 1.23 bits per heavy atom. The summed E-state index contributed by atoms with van der Waals surface area (Å²) in [7, 11) is 1.61. The molecule has 1 saturated heterocycles. The van der Waals surface area contributed by atoms with Gasteiger partial charge in [0.1, 0.15) is 11.6 Å². The number of benzene rings is 1. The van der Waals surface area contributed by atoms with Crippen molar-refractivity contribution in [2.75, 3.05) is 38.3 Å². The molecule has 7 nitrogen and oxygen atoms in total. The van der Waals surface area contributed by atoms with E-state index in [0.29, 0.717) is 42.1 Å². The van der Waals surface area contributed by atoms with E-state index >= 15 is 0 Å². The van der Waals surface area contributed by atoms with Crippen molar-refractivity contribution in [1.29, 1.82) is 0 Å². The lowest BCUT2D eigenvalue weighted by Gasteiger charge is -2.34. The van der Waals surface area contributed by atoms with Gasteiger partial charge in [0.15, 0.2) is 6.29 Å². The lowest BCUT2D eigenvalue weighted by molar-refractivity contribution is -0.143. The maximum atomic E-state index is 14.6. The lowest BCUT2D eigenvalue weighted by atomic mass is 9.91. The summed E-state index contributed by atoms with van der Waals surface area (Å²) in [6, 6.07) is 7.12. The van der Waals surface area contributed by atoms with Crippen molar-refractivity contribution < 1.29 is 28.2 Å². The summed E-state index contributed by atoms with van der Waals surface area (Å²) in [4.78, 5) is 29.9. The van der Waals surface area contributed by atoms with Crippen molar-refractivity contribution in [1.82, 2.24) is 4.98 Å². The van der Waals surface area contributed by atoms with Crippen molar-refractivity contribution in [2.24, 2.45) is 11.8 Å². The van der Waals surface area contributed by atoms with E-state index in [9.17, 15) is 14.0 Å². The zero-order valence-corrected chi connectivity index (χ0v) is 20.4. The number of aromatic nitrogens is 1. The van der Waals surface area contributed by atoms with Gasteiger partial charge < -0.3 is 19.1 Å². The fraction of sp³-hybridized carbons (Fsp3) is 0.519. The number of anilines is 1. The number of ether oxygens (including phenoxy) is 3. The first-order chi connectivity index (χ1) is 17.0. The number of esters is 1. The molecule has 0 radical (unpaired) electrons. The molecule has 2 aromatic rings. The monoisotopic (exact) mass is 484 g/mol. The van der Waals surface area contributed by atoms with Gasteiger partial charge >= 0.3 is 5.97 Å². The molecule has 4 rings (SSSR count). The third-order valence-electron chi connectivity index (χ3n) is 6.93. The molecule has 1 aromatic carbocycles. The van der Waals surface area contributed by atoms with Gasteiger partial charge in [-0.05, 0) is 62.1 Å². The van der Waals surface area contributed by atoms with E-state index in [0.717, 1.165) is 56.5 Å². The molecule has 1 aromatic heterocycles. The van der Waals surface area contributed by atoms with E-state index in [1.54, 1.807) is 32.2 Å². The van der Waals surface area contributed by atoms with Crippen LogP contribution in [0.25, 0.3) is 0 Å². The number of hydrogen-bond acceptors (Lipinski definition) is 7. The highest BCUT2D eigenvalue weighted by molar-refractivity contribution is 5.85. The third kappa shape index (κ3) is 6.29. The van der Waals surface area contributed by atoms with Crippen LogP contribution in [0.1, 0.15) is 60.9 Å². The molecule has 0 bridgehead atoms. The van der Waals surface area contributed by atoms with Gasteiger partial charge in [0.25, 0.3) is 0 Å². The van der Waals surface area contributed by atoms with Gasteiger partial charge in [-0.1, -0.05) is 0 Å². The van der Waals surface area contributed by atoms with Crippen LogP contribution in [0.5, 0.6) is 11.6 Å². The van der Waals surface area contributed by atoms with Crippen LogP contribution in [-0.4, -0.2) is 50.7 Å². The molecule has 2 aliphatic rings. The van der Waals surface area contributed by atoms with E-state index in [-0.39, 0.29) is 18.3 Å². The predicted octanol–water partition coefficient (Wildman–Crippen LogP) is 4.78. The van der Waals surface area contributed by atoms with Gasteiger partial charge in [-0.3, -0.25) is 9.59 Å². The first-order valence-corrected chi connectivity index (χ1v) is 12.3. The largest absolute Gasteiger partial charge is 0.497 e. The standard InChI is InChI=1S/C27H33FN2O5/c1-3-34-27(32)14-22(19-4-5-19)23-13-26(29-15-24(23)28)35-17-18-8-10-30(11-9-18)25-12-21(33-2)7-6-20(25)16-31/h6-7,12-13,15-16,18-19,22H,3-5,8-11,14,17H2,1-2H3. The van der Waals surface area contributed by atoms with E-state index in [1.807, 2.05) is 6.07 Å². The Hall–Kier alpha value is -3.16. The number of nitrogens with zero attached hydrogens (tertiary/aromatic N) is 2. The maximum absolute atomic E-state index is 14.6. The summed E-state index contributed by atoms with van der Waals surface area (Å²) < 4.78 is 31.0. The SMILES string of the molecule is CCOC(=O)CC(c1cc(OCC2CCN(c3cc(OC)ccc3C=O)CC2)ncc1F)C1CC1. The Balaban J connectivity index is 1.35. The van der Waals surface area contributed by atoms with Crippen molar-refractivity contribution in [2.45, 2.75) is 44.9 Å². The molecule has 8 heteroatoms. The summed E-state index contributed by atoms with van der Waals surface area (Å²) in [6.45, 7) is 4.17. The summed E-state index contributed by atoms with van der Waals surface area (Å²) in [5, 5.41) is 0. The zero-order valence-electron chi connectivity index (χ0n) is 20.4. The molecule has 1 aliphatic heterocycles. The Labute approximate surface area is 205 Å². The second-order valence-corrected chi connectivity index (χ2v) is 9.28. The van der Waals surface area contributed by atoms with Crippen molar-refractivity contribution >= 4 is 17.9 Å². The lowest BCUT2D eigenvalue weighted by Crippen LogP contribution is -2.36. The molecule has 0 N–H and O–H groups in total. The van der Waals surface area contributed by atoms with Gasteiger partial charge in [0.2, 0.25) is 5.88 Å². The number of carbonyl (C=O) groups is 2. The molecular weight excluding hydrogens is 451 g/mol. The van der Waals surface area contributed by atoms with Gasteiger partial charge in [-0.15, -0.1) is 0 Å². The number of pyridine rings is 1. The Morgan fingerprint density at radius 2 is 2.00 bits per heavy atom. The molecule has 0 spiro atoms. The average Bonchev–Trinajstić information content (AvgIpc) is 3.72. The Bertz CT molecular complexity index is 1030. The fourth-order valence-corrected chi connectivity index (χ4v) is 4.79. The van der Waals surface area contributed by atoms with Crippen LogP contribution in [-0.2, 0) is 9.53 Å². The Morgan fingerprint density at radius 3 is 2.66 bits per heavy atom. The van der Waals surface area contributed by atoms with E-state index in [2.05, 4.69) is 9.88 Å². The molecule has 2 fully saturated rings. The third-order valence-corrected chi connectivity index (χ3v) is 6.93.